The Morgan fingerprint density at radius 3 is 0.761 bits per heavy atom. The molecule has 0 aliphatic heterocycles. The zero-order chi connectivity index (χ0) is 34.0. The maximum absolute atomic E-state index is 2.43. The van der Waals surface area contributed by atoms with E-state index in [4.69, 9.17) is 0 Å². The summed E-state index contributed by atoms with van der Waals surface area (Å²) in [6, 6.07) is 0. The van der Waals surface area contributed by atoms with E-state index in [-0.39, 0.29) is 14.9 Å². The second kappa shape index (κ2) is 20.0. The third-order valence-electron chi connectivity index (χ3n) is 10.7. The van der Waals surface area contributed by atoms with Crippen molar-refractivity contribution in [2.24, 2.45) is 56.2 Å². The Balaban J connectivity index is 0. The zero-order valence-electron chi connectivity index (χ0n) is 34.0. The van der Waals surface area contributed by atoms with Crippen LogP contribution in [0.5, 0.6) is 0 Å². The Morgan fingerprint density at radius 1 is 0.413 bits per heavy atom. The molecule has 5 aliphatic rings. The minimum Gasteiger partial charge on any atom is -0.0776 e. The van der Waals surface area contributed by atoms with E-state index in [0.717, 1.165) is 23.7 Å². The van der Waals surface area contributed by atoms with Crippen LogP contribution in [0.3, 0.4) is 0 Å². The van der Waals surface area contributed by atoms with Gasteiger partial charge in [-0.25, -0.2) is 0 Å². The quantitative estimate of drug-likeness (QED) is 0.284. The molecular formula is C46H96. The molecule has 5 saturated carbocycles. The molecule has 0 bridgehead atoms. The fourth-order valence-corrected chi connectivity index (χ4v) is 7.83. The van der Waals surface area contributed by atoms with Crippen molar-refractivity contribution in [1.82, 2.24) is 0 Å². The smallest absolute Gasteiger partial charge is 0.0321 e. The highest BCUT2D eigenvalue weighted by atomic mass is 14.4. The van der Waals surface area contributed by atoms with Crippen LogP contribution in [0.15, 0.2) is 0 Å². The molecule has 5 rings (SSSR count). The summed E-state index contributed by atoms with van der Waals surface area (Å²) in [5.41, 5.74) is 3.57. The largest absolute Gasteiger partial charge is 0.0776 e. The monoisotopic (exact) mass is 649 g/mol. The molecule has 0 aromatic carbocycles. The van der Waals surface area contributed by atoms with Crippen LogP contribution in [0.2, 0.25) is 0 Å². The highest BCUT2D eigenvalue weighted by Crippen LogP contribution is 2.48. The predicted molar refractivity (Wildman–Crippen MR) is 216 cm³/mol. The van der Waals surface area contributed by atoms with Crippen molar-refractivity contribution >= 4 is 0 Å². The minimum atomic E-state index is 0. The van der Waals surface area contributed by atoms with Crippen molar-refractivity contribution < 1.29 is 0 Å². The van der Waals surface area contributed by atoms with E-state index in [2.05, 4.69) is 111 Å². The molecule has 5 aliphatic carbocycles. The first-order chi connectivity index (χ1) is 19.8. The second-order valence-electron chi connectivity index (χ2n) is 22.7. The topological polar surface area (TPSA) is 0 Å². The highest BCUT2D eigenvalue weighted by Gasteiger charge is 2.35. The molecule has 0 aromatic rings. The predicted octanol–water partition coefficient (Wildman–Crippen LogP) is 17.0. The molecule has 0 heterocycles. The fraction of sp³-hybridized carbons (Fsp3) is 1.00. The SMILES string of the molecule is C.C.CC(C)(C)C1CCC1.CC(C)(C)CC1(C)CCC1.CC(C)(C)CC1CC1.CC(C)(C)CC1CCC1.CC(C)(C)CC1CCC1. The van der Waals surface area contributed by atoms with Gasteiger partial charge in [0.15, 0.2) is 0 Å². The maximum atomic E-state index is 2.43. The first-order valence-corrected chi connectivity index (χ1v) is 19.8. The average Bonchev–Trinajstić information content (AvgIpc) is 3.46. The van der Waals surface area contributed by atoms with Gasteiger partial charge in [-0.2, -0.15) is 0 Å². The van der Waals surface area contributed by atoms with Gasteiger partial charge in [-0.05, 0) is 108 Å². The number of rotatable bonds is 4. The minimum absolute atomic E-state index is 0. The lowest BCUT2D eigenvalue weighted by Gasteiger charge is -2.42. The molecule has 0 spiro atoms. The Kier molecular flexibility index (Phi) is 20.9. The molecular weight excluding hydrogens is 553 g/mol. The van der Waals surface area contributed by atoms with Gasteiger partial charge in [0.2, 0.25) is 0 Å². The van der Waals surface area contributed by atoms with Crippen LogP contribution in [-0.2, 0) is 0 Å². The van der Waals surface area contributed by atoms with E-state index in [1.807, 2.05) is 0 Å². The number of hydrogen-bond donors (Lipinski definition) is 0. The normalized spacial score (nSPS) is 21.4. The highest BCUT2D eigenvalue weighted by molar-refractivity contribution is 4.87. The third-order valence-corrected chi connectivity index (χ3v) is 10.7. The summed E-state index contributed by atoms with van der Waals surface area (Å²) in [5, 5.41) is 0. The molecule has 0 heteroatoms. The van der Waals surface area contributed by atoms with E-state index in [1.54, 1.807) is 0 Å². The Hall–Kier alpha value is 0. The summed E-state index contributed by atoms with van der Waals surface area (Å²) >= 11 is 0. The van der Waals surface area contributed by atoms with Gasteiger partial charge in [0, 0.05) is 0 Å². The lowest BCUT2D eigenvalue weighted by molar-refractivity contribution is 0.0920. The van der Waals surface area contributed by atoms with Crippen LogP contribution >= 0.6 is 0 Å². The van der Waals surface area contributed by atoms with E-state index in [1.165, 1.54) is 116 Å². The molecule has 0 amide bonds. The van der Waals surface area contributed by atoms with Gasteiger partial charge < -0.3 is 0 Å². The Morgan fingerprint density at radius 2 is 0.717 bits per heavy atom. The van der Waals surface area contributed by atoms with Crippen molar-refractivity contribution in [1.29, 1.82) is 0 Å². The van der Waals surface area contributed by atoms with Crippen LogP contribution in [0, 0.1) is 56.2 Å². The van der Waals surface area contributed by atoms with E-state index >= 15 is 0 Å². The van der Waals surface area contributed by atoms with Crippen LogP contribution in [-0.4, -0.2) is 0 Å². The Bertz CT molecular complexity index is 702. The van der Waals surface area contributed by atoms with Gasteiger partial charge in [-0.1, -0.05) is 190 Å². The average molecular weight is 649 g/mol. The van der Waals surface area contributed by atoms with Gasteiger partial charge in [0.25, 0.3) is 0 Å². The molecule has 5 fully saturated rings. The molecule has 280 valence electrons. The third kappa shape index (κ3) is 25.9. The van der Waals surface area contributed by atoms with Gasteiger partial charge >= 0.3 is 0 Å². The Labute approximate surface area is 296 Å². The molecule has 0 nitrogen and oxygen atoms in total. The zero-order valence-corrected chi connectivity index (χ0v) is 34.0. The first-order valence-electron chi connectivity index (χ1n) is 19.8. The molecule has 0 radical (unpaired) electrons. The van der Waals surface area contributed by atoms with Crippen molar-refractivity contribution in [3.8, 4) is 0 Å². The summed E-state index contributed by atoms with van der Waals surface area (Å²) in [5.74, 6) is 4.27. The standard InChI is InChI=1S/C10H20.2C9H18.2C8H16.2CH4/c1-9(2,3)8-10(4)6-5-7-10;2*1-9(2,3)7-8-5-4-6-8;1-8(2,3)6-7-4-5-7;1-8(2,3)7-5-4-6-7;;/h5-8H2,1-4H3;2*8H,4-7H2,1-3H3;2*7H,4-6H2,1-3H3;2*1H4. The van der Waals surface area contributed by atoms with Crippen LogP contribution in [0.1, 0.15) is 241 Å². The van der Waals surface area contributed by atoms with Crippen molar-refractivity contribution in [2.45, 2.75) is 241 Å². The second-order valence-corrected chi connectivity index (χ2v) is 22.7. The summed E-state index contributed by atoms with van der Waals surface area (Å²) in [6.45, 7) is 37.5. The van der Waals surface area contributed by atoms with Gasteiger partial charge in [0.05, 0.1) is 0 Å². The lowest BCUT2D eigenvalue weighted by atomic mass is 9.63. The van der Waals surface area contributed by atoms with Crippen molar-refractivity contribution in [3.05, 3.63) is 0 Å². The first kappa shape index (κ1) is 48.1. The van der Waals surface area contributed by atoms with E-state index in [0.29, 0.717) is 32.5 Å². The van der Waals surface area contributed by atoms with E-state index < -0.39 is 0 Å². The summed E-state index contributed by atoms with van der Waals surface area (Å²) in [7, 11) is 0. The molecule has 0 aromatic heterocycles. The van der Waals surface area contributed by atoms with Crippen LogP contribution < -0.4 is 0 Å². The molecule has 0 unspecified atom stereocenters. The van der Waals surface area contributed by atoms with Gasteiger partial charge in [-0.15, -0.1) is 0 Å². The molecule has 0 saturated heterocycles. The van der Waals surface area contributed by atoms with Crippen LogP contribution in [0.4, 0.5) is 0 Å². The molecule has 0 N–H and O–H groups in total. The summed E-state index contributed by atoms with van der Waals surface area (Å²) in [6.07, 6.45) is 26.5. The maximum Gasteiger partial charge on any atom is -0.0321 e. The van der Waals surface area contributed by atoms with E-state index in [9.17, 15) is 0 Å². The summed E-state index contributed by atoms with van der Waals surface area (Å²) < 4.78 is 0. The number of hydrogen-bond acceptors (Lipinski definition) is 0. The molecule has 46 heavy (non-hydrogen) atoms. The van der Waals surface area contributed by atoms with Crippen molar-refractivity contribution in [3.63, 3.8) is 0 Å². The van der Waals surface area contributed by atoms with Gasteiger partial charge in [-0.3, -0.25) is 0 Å². The van der Waals surface area contributed by atoms with Gasteiger partial charge in [0.1, 0.15) is 0 Å². The molecule has 0 atom stereocenters. The summed E-state index contributed by atoms with van der Waals surface area (Å²) in [4.78, 5) is 0. The van der Waals surface area contributed by atoms with Crippen LogP contribution in [0.25, 0.3) is 0 Å². The lowest BCUT2D eigenvalue weighted by Crippen LogP contribution is -2.30. The van der Waals surface area contributed by atoms with Crippen molar-refractivity contribution in [2.75, 3.05) is 0 Å². The fourth-order valence-electron chi connectivity index (χ4n) is 7.83.